The summed E-state index contributed by atoms with van der Waals surface area (Å²) in [5.74, 6) is 0. The Kier molecular flexibility index (Phi) is 1.02. The molecule has 0 aliphatic heterocycles. The fraction of sp³-hybridized carbons (Fsp3) is 0.400. The molecule has 0 aromatic heterocycles. The molecule has 0 fully saturated rings. The largest absolute Gasteiger partial charge is 0.123 e. The minimum atomic E-state index is 0.683. The van der Waals surface area contributed by atoms with E-state index in [1.54, 1.807) is 0 Å². The van der Waals surface area contributed by atoms with Crippen LogP contribution in [0, 0.1) is 0 Å². The van der Waals surface area contributed by atoms with Gasteiger partial charge >= 0.3 is 0 Å². The van der Waals surface area contributed by atoms with Gasteiger partial charge in [0.05, 0.1) is 3.92 Å². The molecular formula is C5H5I. The molecule has 32 valence electrons. The van der Waals surface area contributed by atoms with Gasteiger partial charge in [0, 0.05) is 0 Å². The van der Waals surface area contributed by atoms with Crippen molar-refractivity contribution in [2.45, 2.75) is 10.8 Å². The summed E-state index contributed by atoms with van der Waals surface area (Å²) in [6.07, 6.45) is 2.07. The van der Waals surface area contributed by atoms with Crippen molar-refractivity contribution in [2.24, 2.45) is 0 Å². The van der Waals surface area contributed by atoms with Gasteiger partial charge in [0.1, 0.15) is 0 Å². The molecule has 1 heteroatoms. The first-order valence-corrected chi connectivity index (χ1v) is 3.12. The molecule has 0 nitrogen and oxygen atoms in total. The Morgan fingerprint density at radius 1 is 2.00 bits per heavy atom. The van der Waals surface area contributed by atoms with E-state index in [0.29, 0.717) is 3.92 Å². The van der Waals surface area contributed by atoms with Gasteiger partial charge in [0.15, 0.2) is 0 Å². The molecule has 0 saturated carbocycles. The molecule has 1 atom stereocenters. The van der Waals surface area contributed by atoms with Gasteiger partial charge < -0.3 is 0 Å². The summed E-state index contributed by atoms with van der Waals surface area (Å²) in [6.45, 7) is 2.09. The highest BCUT2D eigenvalue weighted by Gasteiger charge is 2.05. The first kappa shape index (κ1) is 4.41. The van der Waals surface area contributed by atoms with E-state index in [1.807, 2.05) is 0 Å². The second-order valence-corrected chi connectivity index (χ2v) is 2.74. The molecule has 0 radical (unpaired) electrons. The Bertz CT molecular complexity index is 118. The molecule has 0 aromatic rings. The van der Waals surface area contributed by atoms with Crippen LogP contribution in [0.5, 0.6) is 0 Å². The Morgan fingerprint density at radius 3 is 2.50 bits per heavy atom. The fourth-order valence-corrected chi connectivity index (χ4v) is 0.673. The van der Waals surface area contributed by atoms with E-state index in [9.17, 15) is 0 Å². The normalized spacial score (nSPS) is 29.0. The van der Waals surface area contributed by atoms with E-state index in [0.717, 1.165) is 0 Å². The predicted molar refractivity (Wildman–Crippen MR) is 35.1 cm³/mol. The molecule has 1 rings (SSSR count). The van der Waals surface area contributed by atoms with Crippen molar-refractivity contribution < 1.29 is 0 Å². The van der Waals surface area contributed by atoms with Crippen molar-refractivity contribution in [2.75, 3.05) is 0 Å². The summed E-state index contributed by atoms with van der Waals surface area (Å²) in [6, 6.07) is 0. The number of alkyl halides is 1. The molecule has 1 aliphatic rings. The van der Waals surface area contributed by atoms with Crippen LogP contribution in [0.25, 0.3) is 0 Å². The number of hydrogen-bond acceptors (Lipinski definition) is 0. The number of hydrogen-bond donors (Lipinski definition) is 0. The maximum absolute atomic E-state index is 3.04. The lowest BCUT2D eigenvalue weighted by atomic mass is 10.1. The lowest BCUT2D eigenvalue weighted by molar-refractivity contribution is 1.22. The van der Waals surface area contributed by atoms with Crippen molar-refractivity contribution in [3.63, 3.8) is 0 Å². The molecule has 1 unspecified atom stereocenters. The van der Waals surface area contributed by atoms with Crippen LogP contribution >= 0.6 is 22.6 Å². The van der Waals surface area contributed by atoms with Crippen LogP contribution in [0.4, 0.5) is 0 Å². The van der Waals surface area contributed by atoms with E-state index in [2.05, 4.69) is 41.3 Å². The quantitative estimate of drug-likeness (QED) is 0.312. The molecule has 0 N–H and O–H groups in total. The number of allylic oxidation sites excluding steroid dienone is 1. The standard InChI is InChI=1S/C5H5I/c1-4-2-3-5(4)6/h3,5H,1H3. The van der Waals surface area contributed by atoms with Crippen molar-refractivity contribution >= 4 is 22.6 Å². The molecule has 0 spiro atoms. The van der Waals surface area contributed by atoms with E-state index in [-0.39, 0.29) is 0 Å². The summed E-state index contributed by atoms with van der Waals surface area (Å²) in [5.41, 5.74) is 4.41. The Morgan fingerprint density at radius 2 is 2.50 bits per heavy atom. The van der Waals surface area contributed by atoms with Crippen LogP contribution in [-0.4, -0.2) is 3.92 Å². The fourth-order valence-electron chi connectivity index (χ4n) is 0.313. The van der Waals surface area contributed by atoms with Gasteiger partial charge in [-0.25, -0.2) is 0 Å². The highest BCUT2D eigenvalue weighted by atomic mass is 127. The molecule has 1 aliphatic carbocycles. The molecule has 6 heavy (non-hydrogen) atoms. The van der Waals surface area contributed by atoms with Crippen LogP contribution in [0.2, 0.25) is 0 Å². The van der Waals surface area contributed by atoms with Gasteiger partial charge in [0.25, 0.3) is 0 Å². The zero-order chi connectivity index (χ0) is 4.57. The molecular weight excluding hydrogens is 187 g/mol. The number of halogens is 1. The van der Waals surface area contributed by atoms with Gasteiger partial charge in [-0.3, -0.25) is 0 Å². The third-order valence-electron chi connectivity index (χ3n) is 0.871. The van der Waals surface area contributed by atoms with Crippen LogP contribution in [0.3, 0.4) is 0 Å². The first-order valence-electron chi connectivity index (χ1n) is 1.88. The van der Waals surface area contributed by atoms with E-state index >= 15 is 0 Å². The second kappa shape index (κ2) is 1.39. The summed E-state index contributed by atoms with van der Waals surface area (Å²) < 4.78 is 0.683. The van der Waals surface area contributed by atoms with Gasteiger partial charge in [-0.15, -0.1) is 5.73 Å². The maximum atomic E-state index is 3.04. The third kappa shape index (κ3) is 0.525. The summed E-state index contributed by atoms with van der Waals surface area (Å²) in [4.78, 5) is 0. The van der Waals surface area contributed by atoms with Crippen molar-refractivity contribution in [3.8, 4) is 0 Å². The Labute approximate surface area is 51.1 Å². The van der Waals surface area contributed by atoms with Gasteiger partial charge in [-0.1, -0.05) is 22.6 Å². The van der Waals surface area contributed by atoms with E-state index < -0.39 is 0 Å². The summed E-state index contributed by atoms with van der Waals surface area (Å²) in [7, 11) is 0. The lowest BCUT2D eigenvalue weighted by Gasteiger charge is -2.05. The maximum Gasteiger partial charge on any atom is 0.0644 e. The van der Waals surface area contributed by atoms with E-state index in [1.165, 1.54) is 5.57 Å². The molecule has 0 bridgehead atoms. The Balaban J connectivity index is 2.70. The molecule has 0 amide bonds. The van der Waals surface area contributed by atoms with Crippen molar-refractivity contribution in [1.82, 2.24) is 0 Å². The summed E-state index contributed by atoms with van der Waals surface area (Å²) in [5, 5.41) is 0. The zero-order valence-corrected chi connectivity index (χ0v) is 5.69. The smallest absolute Gasteiger partial charge is 0.0644 e. The third-order valence-corrected chi connectivity index (χ3v) is 2.16. The lowest BCUT2D eigenvalue weighted by Crippen LogP contribution is -1.98. The SMILES string of the molecule is CC1=C=CC1I. The summed E-state index contributed by atoms with van der Waals surface area (Å²) >= 11 is 2.36. The van der Waals surface area contributed by atoms with Crippen LogP contribution in [0.1, 0.15) is 6.92 Å². The van der Waals surface area contributed by atoms with E-state index in [4.69, 9.17) is 0 Å². The van der Waals surface area contributed by atoms with Gasteiger partial charge in [0.2, 0.25) is 0 Å². The molecule has 0 aromatic carbocycles. The highest BCUT2D eigenvalue weighted by Crippen LogP contribution is 2.18. The minimum absolute atomic E-state index is 0.683. The van der Waals surface area contributed by atoms with Crippen LogP contribution in [-0.2, 0) is 0 Å². The Hall–Kier alpha value is 0.250. The van der Waals surface area contributed by atoms with Crippen molar-refractivity contribution in [1.29, 1.82) is 0 Å². The average Bonchev–Trinajstić information content (AvgIpc) is 1.61. The second-order valence-electron chi connectivity index (χ2n) is 1.40. The van der Waals surface area contributed by atoms with Crippen LogP contribution < -0.4 is 0 Å². The number of rotatable bonds is 0. The van der Waals surface area contributed by atoms with Gasteiger partial charge in [-0.2, -0.15) is 0 Å². The first-order chi connectivity index (χ1) is 2.80. The van der Waals surface area contributed by atoms with Crippen LogP contribution in [0.15, 0.2) is 17.4 Å². The average molecular weight is 192 g/mol. The molecule has 0 saturated heterocycles. The topological polar surface area (TPSA) is 0 Å². The monoisotopic (exact) mass is 192 g/mol. The minimum Gasteiger partial charge on any atom is -0.123 e. The van der Waals surface area contributed by atoms with Crippen molar-refractivity contribution in [3.05, 3.63) is 17.4 Å². The molecule has 0 heterocycles. The predicted octanol–water partition coefficient (Wildman–Crippen LogP) is 1.91. The zero-order valence-electron chi connectivity index (χ0n) is 3.53. The highest BCUT2D eigenvalue weighted by molar-refractivity contribution is 14.1. The van der Waals surface area contributed by atoms with Gasteiger partial charge in [-0.05, 0) is 18.6 Å².